The highest BCUT2D eigenvalue weighted by atomic mass is 16.1. The van der Waals surface area contributed by atoms with Crippen LogP contribution in [0.4, 0.5) is 5.82 Å². The molecule has 0 spiro atoms. The van der Waals surface area contributed by atoms with Crippen LogP contribution in [0, 0.1) is 0 Å². The fraction of sp³-hybridized carbons (Fsp3) is 0.600. The van der Waals surface area contributed by atoms with Crippen molar-refractivity contribution in [2.45, 2.75) is 44.2 Å². The summed E-state index contributed by atoms with van der Waals surface area (Å²) >= 11 is 0. The Labute approximate surface area is 119 Å². The van der Waals surface area contributed by atoms with Gasteiger partial charge in [0, 0.05) is 18.6 Å². The van der Waals surface area contributed by atoms with Crippen molar-refractivity contribution in [2.75, 3.05) is 18.0 Å². The van der Waals surface area contributed by atoms with E-state index in [9.17, 15) is 4.79 Å². The first-order chi connectivity index (χ1) is 9.74. The number of pyridine rings is 1. The maximum absolute atomic E-state index is 11.3. The van der Waals surface area contributed by atoms with Crippen LogP contribution >= 0.6 is 0 Å². The van der Waals surface area contributed by atoms with Crippen molar-refractivity contribution in [2.24, 2.45) is 5.73 Å². The maximum Gasteiger partial charge on any atom is 0.267 e. The van der Waals surface area contributed by atoms with Crippen LogP contribution in [0.15, 0.2) is 18.2 Å². The number of carbonyl (C=O) groups excluding carboxylic acids is 1. The van der Waals surface area contributed by atoms with Gasteiger partial charge in [0.2, 0.25) is 0 Å². The number of primary amides is 1. The van der Waals surface area contributed by atoms with Crippen LogP contribution in [0.2, 0.25) is 0 Å². The van der Waals surface area contributed by atoms with Crippen molar-refractivity contribution in [1.82, 2.24) is 10.3 Å². The Balaban J connectivity index is 1.75. The number of rotatable bonds is 5. The van der Waals surface area contributed by atoms with E-state index in [1.165, 1.54) is 32.1 Å². The first-order valence-electron chi connectivity index (χ1n) is 7.51. The van der Waals surface area contributed by atoms with Crippen LogP contribution in [-0.4, -0.2) is 36.1 Å². The lowest BCUT2D eigenvalue weighted by Crippen LogP contribution is -2.45. The van der Waals surface area contributed by atoms with Gasteiger partial charge in [0.25, 0.3) is 5.91 Å². The van der Waals surface area contributed by atoms with Gasteiger partial charge in [0.05, 0.1) is 0 Å². The fourth-order valence-electron chi connectivity index (χ4n) is 2.85. The summed E-state index contributed by atoms with van der Waals surface area (Å²) in [6.07, 6.45) is 6.23. The van der Waals surface area contributed by atoms with Gasteiger partial charge in [0.1, 0.15) is 11.5 Å². The number of carbonyl (C=O) groups is 1. The SMILES string of the molecule is NC(=O)c1cccc(N(CC2CCCCN2)C2CC2)n1. The molecule has 1 saturated heterocycles. The van der Waals surface area contributed by atoms with Crippen molar-refractivity contribution >= 4 is 11.7 Å². The number of hydrogen-bond acceptors (Lipinski definition) is 4. The zero-order chi connectivity index (χ0) is 13.9. The Kier molecular flexibility index (Phi) is 3.87. The van der Waals surface area contributed by atoms with E-state index in [1.807, 2.05) is 12.1 Å². The molecule has 2 fully saturated rings. The summed E-state index contributed by atoms with van der Waals surface area (Å²) in [7, 11) is 0. The highest BCUT2D eigenvalue weighted by Crippen LogP contribution is 2.31. The molecule has 1 aromatic heterocycles. The molecule has 20 heavy (non-hydrogen) atoms. The minimum Gasteiger partial charge on any atom is -0.364 e. The monoisotopic (exact) mass is 274 g/mol. The molecule has 0 bridgehead atoms. The molecule has 1 saturated carbocycles. The van der Waals surface area contributed by atoms with E-state index in [1.54, 1.807) is 6.07 Å². The predicted molar refractivity (Wildman–Crippen MR) is 78.8 cm³/mol. The van der Waals surface area contributed by atoms with Gasteiger partial charge in [-0.25, -0.2) is 4.98 Å². The van der Waals surface area contributed by atoms with Gasteiger partial charge in [-0.05, 0) is 44.4 Å². The first kappa shape index (κ1) is 13.4. The molecule has 108 valence electrons. The third-order valence-corrected chi connectivity index (χ3v) is 4.10. The lowest BCUT2D eigenvalue weighted by molar-refractivity contribution is 0.0995. The summed E-state index contributed by atoms with van der Waals surface area (Å²) in [6, 6.07) is 6.63. The van der Waals surface area contributed by atoms with Gasteiger partial charge in [-0.1, -0.05) is 12.5 Å². The van der Waals surface area contributed by atoms with Crippen LogP contribution in [0.25, 0.3) is 0 Å². The van der Waals surface area contributed by atoms with E-state index in [2.05, 4.69) is 15.2 Å². The number of nitrogens with one attached hydrogen (secondary N) is 1. The predicted octanol–water partition coefficient (Wildman–Crippen LogP) is 1.29. The normalized spacial score (nSPS) is 22.5. The third-order valence-electron chi connectivity index (χ3n) is 4.10. The van der Waals surface area contributed by atoms with E-state index in [0.717, 1.165) is 18.9 Å². The van der Waals surface area contributed by atoms with Crippen LogP contribution in [0.3, 0.4) is 0 Å². The summed E-state index contributed by atoms with van der Waals surface area (Å²) in [5.41, 5.74) is 5.68. The molecule has 1 atom stereocenters. The fourth-order valence-corrected chi connectivity index (χ4v) is 2.85. The number of hydrogen-bond donors (Lipinski definition) is 2. The van der Waals surface area contributed by atoms with E-state index >= 15 is 0 Å². The number of aromatic nitrogens is 1. The standard InChI is InChI=1S/C15H22N4O/c16-15(20)13-5-3-6-14(18-13)19(12-7-8-12)10-11-4-1-2-9-17-11/h3,5-6,11-12,17H,1-2,4,7-10H2,(H2,16,20). The van der Waals surface area contributed by atoms with Crippen molar-refractivity contribution in [3.63, 3.8) is 0 Å². The van der Waals surface area contributed by atoms with Crippen molar-refractivity contribution in [1.29, 1.82) is 0 Å². The zero-order valence-corrected chi connectivity index (χ0v) is 11.7. The molecule has 0 aromatic carbocycles. The highest BCUT2D eigenvalue weighted by Gasteiger charge is 2.32. The first-order valence-corrected chi connectivity index (χ1v) is 7.51. The minimum absolute atomic E-state index is 0.352. The number of anilines is 1. The Morgan fingerprint density at radius 1 is 1.35 bits per heavy atom. The van der Waals surface area contributed by atoms with E-state index in [0.29, 0.717) is 17.8 Å². The van der Waals surface area contributed by atoms with Gasteiger partial charge in [-0.3, -0.25) is 4.79 Å². The summed E-state index contributed by atoms with van der Waals surface area (Å²) < 4.78 is 0. The van der Waals surface area contributed by atoms with Crippen LogP contribution in [0.5, 0.6) is 0 Å². The topological polar surface area (TPSA) is 71.2 Å². The Morgan fingerprint density at radius 2 is 2.20 bits per heavy atom. The van der Waals surface area contributed by atoms with Gasteiger partial charge >= 0.3 is 0 Å². The molecule has 1 aliphatic carbocycles. The average Bonchev–Trinajstić information content (AvgIpc) is 3.30. The van der Waals surface area contributed by atoms with Crippen molar-refractivity contribution < 1.29 is 4.79 Å². The Hall–Kier alpha value is -1.62. The molecular formula is C15H22N4O. The second-order valence-corrected chi connectivity index (χ2v) is 5.78. The highest BCUT2D eigenvalue weighted by molar-refractivity contribution is 5.91. The number of amides is 1. The molecule has 2 aliphatic rings. The molecule has 1 aliphatic heterocycles. The minimum atomic E-state index is -0.460. The molecule has 5 nitrogen and oxygen atoms in total. The maximum atomic E-state index is 11.3. The molecule has 5 heteroatoms. The summed E-state index contributed by atoms with van der Waals surface area (Å²) in [6.45, 7) is 2.08. The molecule has 2 heterocycles. The quantitative estimate of drug-likeness (QED) is 0.849. The second-order valence-electron chi connectivity index (χ2n) is 5.78. The molecule has 0 radical (unpaired) electrons. The van der Waals surface area contributed by atoms with Gasteiger partial charge in [-0.15, -0.1) is 0 Å². The van der Waals surface area contributed by atoms with Crippen LogP contribution in [-0.2, 0) is 0 Å². The molecule has 3 rings (SSSR count). The van der Waals surface area contributed by atoms with Gasteiger partial charge in [-0.2, -0.15) is 0 Å². The molecular weight excluding hydrogens is 252 g/mol. The number of nitrogens with two attached hydrogens (primary N) is 1. The molecule has 1 amide bonds. The largest absolute Gasteiger partial charge is 0.364 e. The molecule has 1 aromatic rings. The second kappa shape index (κ2) is 5.79. The lowest BCUT2D eigenvalue weighted by atomic mass is 10.0. The summed E-state index contributed by atoms with van der Waals surface area (Å²) in [4.78, 5) is 18.0. The lowest BCUT2D eigenvalue weighted by Gasteiger charge is -2.31. The van der Waals surface area contributed by atoms with E-state index < -0.39 is 5.91 Å². The molecule has 1 unspecified atom stereocenters. The van der Waals surface area contributed by atoms with Gasteiger partial charge < -0.3 is 16.0 Å². The van der Waals surface area contributed by atoms with Crippen molar-refractivity contribution in [3.05, 3.63) is 23.9 Å². The zero-order valence-electron chi connectivity index (χ0n) is 11.7. The number of piperidine rings is 1. The van der Waals surface area contributed by atoms with E-state index in [-0.39, 0.29) is 0 Å². The Bertz CT molecular complexity index is 481. The third kappa shape index (κ3) is 3.10. The van der Waals surface area contributed by atoms with Crippen LogP contribution < -0.4 is 16.0 Å². The molecule has 3 N–H and O–H groups in total. The summed E-state index contributed by atoms with van der Waals surface area (Å²) in [5, 5.41) is 3.58. The number of nitrogens with zero attached hydrogens (tertiary/aromatic N) is 2. The van der Waals surface area contributed by atoms with E-state index in [4.69, 9.17) is 5.73 Å². The smallest absolute Gasteiger partial charge is 0.267 e. The average molecular weight is 274 g/mol. The van der Waals surface area contributed by atoms with Crippen LogP contribution in [0.1, 0.15) is 42.6 Å². The van der Waals surface area contributed by atoms with Crippen molar-refractivity contribution in [3.8, 4) is 0 Å². The summed E-state index contributed by atoms with van der Waals surface area (Å²) in [5.74, 6) is 0.426. The Morgan fingerprint density at radius 3 is 2.85 bits per heavy atom. The van der Waals surface area contributed by atoms with Gasteiger partial charge in [0.15, 0.2) is 0 Å².